The van der Waals surface area contributed by atoms with Gasteiger partial charge >= 0.3 is 6.09 Å². The number of hydrogen-bond acceptors (Lipinski definition) is 4. The van der Waals surface area contributed by atoms with Crippen LogP contribution in [0.1, 0.15) is 43.5 Å². The quantitative estimate of drug-likeness (QED) is 0.837. The molecule has 1 aromatic rings. The minimum absolute atomic E-state index is 0.220. The Balaban J connectivity index is 2.31. The van der Waals surface area contributed by atoms with Crippen LogP contribution in [0.4, 0.5) is 4.79 Å². The first-order chi connectivity index (χ1) is 10.2. The summed E-state index contributed by atoms with van der Waals surface area (Å²) in [6.45, 7) is 11.4. The molecule has 1 unspecified atom stereocenters. The molecule has 0 aromatic heterocycles. The van der Waals surface area contributed by atoms with Crippen LogP contribution in [0.15, 0.2) is 12.1 Å². The Morgan fingerprint density at radius 2 is 1.95 bits per heavy atom. The van der Waals surface area contributed by atoms with Gasteiger partial charge in [-0.2, -0.15) is 0 Å². The monoisotopic (exact) mass is 306 g/mol. The normalized spacial score (nSPS) is 19.1. The van der Waals surface area contributed by atoms with Crippen molar-refractivity contribution in [3.05, 3.63) is 28.8 Å². The number of phenolic OH excluding ortho intramolecular Hbond substituents is 1. The summed E-state index contributed by atoms with van der Waals surface area (Å²) in [7, 11) is 0. The Bertz CT molecular complexity index is 564. The van der Waals surface area contributed by atoms with E-state index in [-0.39, 0.29) is 17.9 Å². The Morgan fingerprint density at radius 3 is 2.59 bits per heavy atom. The lowest BCUT2D eigenvalue weighted by Gasteiger charge is -2.37. The number of hydrogen-bond donors (Lipinski definition) is 2. The summed E-state index contributed by atoms with van der Waals surface area (Å²) in [5.74, 6) is 0.227. The van der Waals surface area contributed by atoms with E-state index >= 15 is 0 Å². The highest BCUT2D eigenvalue weighted by Gasteiger charge is 2.32. The molecule has 2 rings (SSSR count). The Labute approximate surface area is 132 Å². The first kappa shape index (κ1) is 16.6. The van der Waals surface area contributed by atoms with Crippen LogP contribution >= 0.6 is 0 Å². The van der Waals surface area contributed by atoms with E-state index in [0.29, 0.717) is 13.1 Å². The van der Waals surface area contributed by atoms with E-state index in [0.717, 1.165) is 23.2 Å². The lowest BCUT2D eigenvalue weighted by Crippen LogP contribution is -2.50. The van der Waals surface area contributed by atoms with Gasteiger partial charge in [-0.25, -0.2) is 4.79 Å². The van der Waals surface area contributed by atoms with Crippen molar-refractivity contribution < 1.29 is 14.6 Å². The lowest BCUT2D eigenvalue weighted by molar-refractivity contribution is 0.0116. The predicted octanol–water partition coefficient (Wildman–Crippen LogP) is 2.89. The maximum Gasteiger partial charge on any atom is 0.410 e. The third-order valence-corrected chi connectivity index (χ3v) is 3.87. The van der Waals surface area contributed by atoms with Crippen LogP contribution in [0.25, 0.3) is 0 Å². The zero-order valence-corrected chi connectivity index (χ0v) is 14.1. The summed E-state index contributed by atoms with van der Waals surface area (Å²) in [5, 5.41) is 13.6. The zero-order chi connectivity index (χ0) is 16.5. The van der Waals surface area contributed by atoms with Crippen LogP contribution < -0.4 is 5.32 Å². The maximum atomic E-state index is 12.5. The van der Waals surface area contributed by atoms with Crippen molar-refractivity contribution >= 4 is 6.09 Å². The first-order valence-corrected chi connectivity index (χ1v) is 7.69. The van der Waals surface area contributed by atoms with Crippen LogP contribution in [0.3, 0.4) is 0 Å². The molecule has 1 amide bonds. The molecular formula is C17H26N2O3. The Kier molecular flexibility index (Phi) is 4.66. The minimum atomic E-state index is -0.530. The number of carbonyl (C=O) groups is 1. The van der Waals surface area contributed by atoms with Crippen molar-refractivity contribution in [2.24, 2.45) is 0 Å². The number of nitrogens with zero attached hydrogens (tertiary/aromatic N) is 1. The highest BCUT2D eigenvalue weighted by Crippen LogP contribution is 2.32. The standard InChI is InChI=1S/C17H26N2O3/c1-11-8-13(15(20)9-12(11)2)14-10-18-6-7-19(14)16(21)22-17(3,4)5/h8-9,14,18,20H,6-7,10H2,1-5H3. The fourth-order valence-corrected chi connectivity index (χ4v) is 2.61. The van der Waals surface area contributed by atoms with Crippen LogP contribution in [-0.4, -0.2) is 41.3 Å². The van der Waals surface area contributed by atoms with E-state index < -0.39 is 5.60 Å². The predicted molar refractivity (Wildman–Crippen MR) is 86.1 cm³/mol. The van der Waals surface area contributed by atoms with Gasteiger partial charge in [-0.15, -0.1) is 0 Å². The number of aromatic hydroxyl groups is 1. The molecule has 1 heterocycles. The van der Waals surface area contributed by atoms with Crippen molar-refractivity contribution in [3.63, 3.8) is 0 Å². The molecule has 2 N–H and O–H groups in total. The zero-order valence-electron chi connectivity index (χ0n) is 14.1. The number of nitrogens with one attached hydrogen (secondary N) is 1. The van der Waals surface area contributed by atoms with Crippen molar-refractivity contribution in [2.75, 3.05) is 19.6 Å². The van der Waals surface area contributed by atoms with E-state index in [1.54, 1.807) is 11.0 Å². The summed E-state index contributed by atoms with van der Waals surface area (Å²) >= 11 is 0. The fraction of sp³-hybridized carbons (Fsp3) is 0.588. The van der Waals surface area contributed by atoms with Gasteiger partial charge in [0.05, 0.1) is 6.04 Å². The van der Waals surface area contributed by atoms with Crippen molar-refractivity contribution in [1.29, 1.82) is 0 Å². The molecule has 0 spiro atoms. The molecule has 1 aromatic carbocycles. The van der Waals surface area contributed by atoms with Crippen molar-refractivity contribution in [2.45, 2.75) is 46.3 Å². The van der Waals surface area contributed by atoms with Crippen LogP contribution in [-0.2, 0) is 4.74 Å². The van der Waals surface area contributed by atoms with Crippen molar-refractivity contribution in [1.82, 2.24) is 10.2 Å². The van der Waals surface area contributed by atoms with E-state index in [4.69, 9.17) is 4.74 Å². The highest BCUT2D eigenvalue weighted by atomic mass is 16.6. The Hall–Kier alpha value is -1.75. The molecule has 22 heavy (non-hydrogen) atoms. The molecule has 1 aliphatic heterocycles. The van der Waals surface area contributed by atoms with Crippen LogP contribution in [0.2, 0.25) is 0 Å². The van der Waals surface area contributed by atoms with Crippen LogP contribution in [0.5, 0.6) is 5.75 Å². The van der Waals surface area contributed by atoms with Gasteiger partial charge in [0.15, 0.2) is 0 Å². The first-order valence-electron chi connectivity index (χ1n) is 7.69. The number of aryl methyl sites for hydroxylation is 2. The third-order valence-electron chi connectivity index (χ3n) is 3.87. The molecule has 0 bridgehead atoms. The second kappa shape index (κ2) is 6.16. The summed E-state index contributed by atoms with van der Waals surface area (Å²) in [6, 6.07) is 3.49. The molecule has 0 radical (unpaired) electrons. The SMILES string of the molecule is Cc1cc(O)c(C2CNCCN2C(=O)OC(C)(C)C)cc1C. The highest BCUT2D eigenvalue weighted by molar-refractivity contribution is 5.69. The number of amides is 1. The van der Waals surface area contributed by atoms with E-state index in [1.807, 2.05) is 40.7 Å². The number of rotatable bonds is 1. The average molecular weight is 306 g/mol. The summed E-state index contributed by atoms with van der Waals surface area (Å²) < 4.78 is 5.50. The number of benzene rings is 1. The number of phenols is 1. The molecular weight excluding hydrogens is 280 g/mol. The number of ether oxygens (including phenoxy) is 1. The summed E-state index contributed by atoms with van der Waals surface area (Å²) in [6.07, 6.45) is -0.336. The molecule has 5 nitrogen and oxygen atoms in total. The van der Waals surface area contributed by atoms with E-state index in [2.05, 4.69) is 5.32 Å². The van der Waals surface area contributed by atoms with Gasteiger partial charge in [-0.1, -0.05) is 0 Å². The largest absolute Gasteiger partial charge is 0.508 e. The van der Waals surface area contributed by atoms with Crippen molar-refractivity contribution in [3.8, 4) is 5.75 Å². The fourth-order valence-electron chi connectivity index (χ4n) is 2.61. The minimum Gasteiger partial charge on any atom is -0.508 e. The molecule has 0 saturated carbocycles. The van der Waals surface area contributed by atoms with Gasteiger partial charge in [-0.05, 0) is 57.9 Å². The summed E-state index contributed by atoms with van der Waals surface area (Å²) in [4.78, 5) is 14.2. The molecule has 0 aliphatic carbocycles. The van der Waals surface area contributed by atoms with Gasteiger partial charge in [-0.3, -0.25) is 4.90 Å². The van der Waals surface area contributed by atoms with Gasteiger partial charge in [0.2, 0.25) is 0 Å². The molecule has 1 aliphatic rings. The van der Waals surface area contributed by atoms with Gasteiger partial charge in [0.25, 0.3) is 0 Å². The third kappa shape index (κ3) is 3.71. The molecule has 5 heteroatoms. The maximum absolute atomic E-state index is 12.5. The van der Waals surface area contributed by atoms with Crippen LogP contribution in [0, 0.1) is 13.8 Å². The topological polar surface area (TPSA) is 61.8 Å². The van der Waals surface area contributed by atoms with E-state index in [9.17, 15) is 9.90 Å². The van der Waals surface area contributed by atoms with Gasteiger partial charge < -0.3 is 15.2 Å². The smallest absolute Gasteiger partial charge is 0.410 e. The molecule has 1 atom stereocenters. The number of carbonyl (C=O) groups excluding carboxylic acids is 1. The Morgan fingerprint density at radius 1 is 1.32 bits per heavy atom. The van der Waals surface area contributed by atoms with E-state index in [1.165, 1.54) is 0 Å². The van der Waals surface area contributed by atoms with Gasteiger partial charge in [0, 0.05) is 25.2 Å². The second-order valence-corrected chi connectivity index (χ2v) is 6.89. The molecule has 1 saturated heterocycles. The average Bonchev–Trinajstić information content (AvgIpc) is 2.41. The molecule has 122 valence electrons. The second-order valence-electron chi connectivity index (χ2n) is 6.89. The molecule has 1 fully saturated rings. The number of piperazine rings is 1. The summed E-state index contributed by atoms with van der Waals surface area (Å²) in [5.41, 5.74) is 2.37. The van der Waals surface area contributed by atoms with Gasteiger partial charge in [0.1, 0.15) is 11.4 Å². The lowest BCUT2D eigenvalue weighted by atomic mass is 9.97.